The molecule has 3 rings (SSSR count). The minimum Gasteiger partial charge on any atom is -0.396 e. The lowest BCUT2D eigenvalue weighted by Gasteiger charge is -2.36. The van der Waals surface area contributed by atoms with Crippen LogP contribution in [0, 0.1) is 11.3 Å². The highest BCUT2D eigenvalue weighted by molar-refractivity contribution is 5.87. The summed E-state index contributed by atoms with van der Waals surface area (Å²) in [5.74, 6) is 0.582. The Morgan fingerprint density at radius 1 is 1.44 bits per heavy atom. The minimum atomic E-state index is -0.494. The molecule has 7 nitrogen and oxygen atoms in total. The molecule has 0 unspecified atom stereocenters. The van der Waals surface area contributed by atoms with Crippen LogP contribution in [0.15, 0.2) is 12.5 Å². The van der Waals surface area contributed by atoms with Crippen LogP contribution in [0.25, 0.3) is 0 Å². The van der Waals surface area contributed by atoms with Gasteiger partial charge in [0.05, 0.1) is 18.3 Å². The molecule has 2 bridgehead atoms. The van der Waals surface area contributed by atoms with Gasteiger partial charge in [-0.25, -0.2) is 4.98 Å². The van der Waals surface area contributed by atoms with E-state index in [0.717, 1.165) is 37.8 Å². The summed E-state index contributed by atoms with van der Waals surface area (Å²) in [5, 5.41) is 12.3. The smallest absolute Gasteiger partial charge is 0.228 e. The Bertz CT molecular complexity index is 646. The second-order valence-electron chi connectivity index (χ2n) is 8.40. The first-order valence-corrected chi connectivity index (χ1v) is 10.2. The van der Waals surface area contributed by atoms with E-state index in [4.69, 9.17) is 0 Å². The molecule has 1 aromatic heterocycles. The first-order valence-electron chi connectivity index (χ1n) is 10.2. The zero-order valence-electron chi connectivity index (χ0n) is 16.4. The highest BCUT2D eigenvalue weighted by atomic mass is 16.3. The summed E-state index contributed by atoms with van der Waals surface area (Å²) < 4.78 is 0. The Hall–Kier alpha value is -1.89. The molecule has 0 aliphatic carbocycles. The Balaban J connectivity index is 1.72. The number of aromatic amines is 1. The Kier molecular flexibility index (Phi) is 6.19. The number of aliphatic hydroxyl groups is 1. The number of aromatic nitrogens is 2. The zero-order valence-corrected chi connectivity index (χ0v) is 16.4. The number of hydrogen-bond acceptors (Lipinski definition) is 4. The van der Waals surface area contributed by atoms with Gasteiger partial charge in [0.2, 0.25) is 11.8 Å². The predicted octanol–water partition coefficient (Wildman–Crippen LogP) is 1.64. The van der Waals surface area contributed by atoms with Crippen molar-refractivity contribution in [2.24, 2.45) is 11.3 Å². The van der Waals surface area contributed by atoms with E-state index in [-0.39, 0.29) is 36.9 Å². The Morgan fingerprint density at radius 3 is 2.93 bits per heavy atom. The number of rotatable bonds is 9. The molecule has 3 N–H and O–H groups in total. The lowest BCUT2D eigenvalue weighted by Crippen LogP contribution is -2.50. The van der Waals surface area contributed by atoms with Gasteiger partial charge < -0.3 is 20.3 Å². The van der Waals surface area contributed by atoms with Gasteiger partial charge in [-0.05, 0) is 38.0 Å². The maximum atomic E-state index is 13.3. The van der Waals surface area contributed by atoms with Crippen LogP contribution in [0.1, 0.15) is 58.1 Å². The van der Waals surface area contributed by atoms with Crippen molar-refractivity contribution in [1.82, 2.24) is 20.2 Å². The first-order chi connectivity index (χ1) is 13.0. The SMILES string of the molecule is CC(C)CC[C@]1(C(=O)NCCc2cnc[nH]2)C[C@H]2CC[C@@H]1N2C(=O)CCO. The van der Waals surface area contributed by atoms with E-state index in [9.17, 15) is 14.7 Å². The number of hydrogen-bond donors (Lipinski definition) is 3. The van der Waals surface area contributed by atoms with Crippen LogP contribution in [0.5, 0.6) is 0 Å². The average molecular weight is 377 g/mol. The molecule has 3 atom stereocenters. The number of fused-ring (bicyclic) bond motifs is 2. The van der Waals surface area contributed by atoms with Crippen LogP contribution in [0.4, 0.5) is 0 Å². The lowest BCUT2D eigenvalue weighted by molar-refractivity contribution is -0.137. The summed E-state index contributed by atoms with van der Waals surface area (Å²) in [4.78, 5) is 34.8. The Morgan fingerprint density at radius 2 is 2.26 bits per heavy atom. The molecular formula is C20H32N4O3. The number of amides is 2. The molecule has 0 spiro atoms. The van der Waals surface area contributed by atoms with Gasteiger partial charge in [-0.3, -0.25) is 9.59 Å². The highest BCUT2D eigenvalue weighted by Crippen LogP contribution is 2.53. The molecule has 1 aromatic rings. The largest absolute Gasteiger partial charge is 0.396 e. The molecule has 0 aromatic carbocycles. The first kappa shape index (κ1) is 19.9. The molecule has 2 fully saturated rings. The summed E-state index contributed by atoms with van der Waals surface area (Å²) in [6.45, 7) is 4.77. The monoisotopic (exact) mass is 376 g/mol. The van der Waals surface area contributed by atoms with Gasteiger partial charge in [-0.15, -0.1) is 0 Å². The van der Waals surface area contributed by atoms with Crippen LogP contribution >= 0.6 is 0 Å². The van der Waals surface area contributed by atoms with E-state index < -0.39 is 5.41 Å². The molecule has 2 saturated heterocycles. The molecule has 3 heterocycles. The van der Waals surface area contributed by atoms with E-state index in [1.807, 2.05) is 4.90 Å². The number of imidazole rings is 1. The van der Waals surface area contributed by atoms with E-state index in [0.29, 0.717) is 18.9 Å². The normalized spacial score (nSPS) is 26.7. The van der Waals surface area contributed by atoms with E-state index in [1.165, 1.54) is 0 Å². The van der Waals surface area contributed by atoms with E-state index in [2.05, 4.69) is 29.1 Å². The molecule has 27 heavy (non-hydrogen) atoms. The third-order valence-electron chi connectivity index (χ3n) is 6.21. The fourth-order valence-electron chi connectivity index (χ4n) is 4.87. The molecule has 2 amide bonds. The number of carbonyl (C=O) groups excluding carboxylic acids is 2. The summed E-state index contributed by atoms with van der Waals surface area (Å²) in [7, 11) is 0. The van der Waals surface area contributed by atoms with Crippen molar-refractivity contribution < 1.29 is 14.7 Å². The molecule has 7 heteroatoms. The molecule has 150 valence electrons. The van der Waals surface area contributed by atoms with Gasteiger partial charge >= 0.3 is 0 Å². The third-order valence-corrected chi connectivity index (χ3v) is 6.21. The Labute approximate surface area is 160 Å². The molecule has 0 saturated carbocycles. The van der Waals surface area contributed by atoms with E-state index >= 15 is 0 Å². The number of aliphatic hydroxyl groups excluding tert-OH is 1. The number of nitrogens with one attached hydrogen (secondary N) is 2. The maximum Gasteiger partial charge on any atom is 0.228 e. The van der Waals surface area contributed by atoms with Crippen molar-refractivity contribution in [2.75, 3.05) is 13.2 Å². The van der Waals surface area contributed by atoms with Crippen molar-refractivity contribution in [1.29, 1.82) is 0 Å². The summed E-state index contributed by atoms with van der Waals surface area (Å²) in [5.41, 5.74) is 0.506. The van der Waals surface area contributed by atoms with Crippen LogP contribution in [-0.2, 0) is 16.0 Å². The summed E-state index contributed by atoms with van der Waals surface area (Å²) >= 11 is 0. The van der Waals surface area contributed by atoms with Gasteiger partial charge in [-0.2, -0.15) is 0 Å². The van der Waals surface area contributed by atoms with Crippen molar-refractivity contribution in [3.8, 4) is 0 Å². The highest BCUT2D eigenvalue weighted by Gasteiger charge is 2.60. The maximum absolute atomic E-state index is 13.3. The van der Waals surface area contributed by atoms with Crippen molar-refractivity contribution in [3.63, 3.8) is 0 Å². The average Bonchev–Trinajstić information content (AvgIpc) is 3.35. The predicted molar refractivity (Wildman–Crippen MR) is 102 cm³/mol. The quantitative estimate of drug-likeness (QED) is 0.610. The molecule has 2 aliphatic rings. The number of carbonyl (C=O) groups is 2. The van der Waals surface area contributed by atoms with Gasteiger partial charge in [0.1, 0.15) is 0 Å². The third kappa shape index (κ3) is 4.03. The van der Waals surface area contributed by atoms with Gasteiger partial charge in [0.25, 0.3) is 0 Å². The number of H-pyrrole nitrogens is 1. The van der Waals surface area contributed by atoms with Crippen molar-refractivity contribution in [3.05, 3.63) is 18.2 Å². The van der Waals surface area contributed by atoms with Crippen molar-refractivity contribution in [2.45, 2.75) is 70.9 Å². The van der Waals surface area contributed by atoms with Crippen LogP contribution < -0.4 is 5.32 Å². The molecule has 0 radical (unpaired) electrons. The number of nitrogens with zero attached hydrogens (tertiary/aromatic N) is 2. The fraction of sp³-hybridized carbons (Fsp3) is 0.750. The van der Waals surface area contributed by atoms with Crippen LogP contribution in [-0.4, -0.2) is 57.0 Å². The van der Waals surface area contributed by atoms with E-state index in [1.54, 1.807) is 12.5 Å². The van der Waals surface area contributed by atoms with Crippen LogP contribution in [0.2, 0.25) is 0 Å². The van der Waals surface area contributed by atoms with Gasteiger partial charge in [0, 0.05) is 43.4 Å². The molecule has 2 aliphatic heterocycles. The molecular weight excluding hydrogens is 344 g/mol. The second kappa shape index (κ2) is 8.42. The topological polar surface area (TPSA) is 98.3 Å². The zero-order chi connectivity index (χ0) is 19.4. The fourth-order valence-corrected chi connectivity index (χ4v) is 4.87. The lowest BCUT2D eigenvalue weighted by atomic mass is 9.69. The summed E-state index contributed by atoms with van der Waals surface area (Å²) in [6.07, 6.45) is 8.65. The van der Waals surface area contributed by atoms with Crippen LogP contribution in [0.3, 0.4) is 0 Å². The minimum absolute atomic E-state index is 0.0123. The van der Waals surface area contributed by atoms with Gasteiger partial charge in [0.15, 0.2) is 0 Å². The second-order valence-corrected chi connectivity index (χ2v) is 8.40. The van der Waals surface area contributed by atoms with Crippen molar-refractivity contribution >= 4 is 11.8 Å². The van der Waals surface area contributed by atoms with Gasteiger partial charge in [-0.1, -0.05) is 13.8 Å². The standard InChI is InChI=1S/C20H32N4O3/c1-14(2)5-8-20(19(27)22-9-6-15-12-21-13-23-15)11-16-3-4-17(20)24(16)18(26)7-10-25/h12-14,16-17,25H,3-11H2,1-2H3,(H,21,23)(H,22,27)/t16-,17+,20+/m1/s1. The summed E-state index contributed by atoms with van der Waals surface area (Å²) in [6, 6.07) is 0.104.